The van der Waals surface area contributed by atoms with Crippen molar-refractivity contribution in [1.29, 1.82) is 0 Å². The van der Waals surface area contributed by atoms with Crippen LogP contribution in [0.3, 0.4) is 0 Å². The Bertz CT molecular complexity index is 314. The number of hydrogen-bond donors (Lipinski definition) is 2. The van der Waals surface area contributed by atoms with E-state index in [1.54, 1.807) is 12.5 Å². The number of ether oxygens (including phenoxy) is 1. The quantitative estimate of drug-likeness (QED) is 0.576. The lowest BCUT2D eigenvalue weighted by Gasteiger charge is -2.16. The molecule has 1 aliphatic rings. The Morgan fingerprint density at radius 3 is 3.18 bits per heavy atom. The van der Waals surface area contributed by atoms with E-state index in [1.807, 2.05) is 6.07 Å². The van der Waals surface area contributed by atoms with E-state index in [9.17, 15) is 0 Å². The van der Waals surface area contributed by atoms with Crippen LogP contribution >= 0.6 is 0 Å². The smallest absolute Gasteiger partial charge is 0.115 e. The van der Waals surface area contributed by atoms with Crippen molar-refractivity contribution in [3.63, 3.8) is 0 Å². The van der Waals surface area contributed by atoms with E-state index in [-0.39, 0.29) is 6.04 Å². The predicted molar refractivity (Wildman–Crippen MR) is 64.9 cm³/mol. The van der Waals surface area contributed by atoms with Crippen LogP contribution in [0.1, 0.15) is 43.8 Å². The molecule has 0 amide bonds. The Kier molecular flexibility index (Phi) is 4.85. The number of nitrogens with one attached hydrogen (secondary N) is 1. The molecule has 1 fully saturated rings. The fourth-order valence-corrected chi connectivity index (χ4v) is 2.25. The first-order valence-corrected chi connectivity index (χ1v) is 6.24. The molecule has 0 spiro atoms. The van der Waals surface area contributed by atoms with E-state index in [0.29, 0.717) is 6.10 Å². The van der Waals surface area contributed by atoms with Crippen molar-refractivity contribution < 1.29 is 4.74 Å². The summed E-state index contributed by atoms with van der Waals surface area (Å²) in [6, 6.07) is 2.01. The molecule has 1 saturated heterocycles. The van der Waals surface area contributed by atoms with E-state index < -0.39 is 0 Å². The SMILES string of the molecule is NNC(CCCC1CCCO1)c1ccncn1. The van der Waals surface area contributed by atoms with Crippen LogP contribution in [0.25, 0.3) is 0 Å². The standard InChI is InChI=1S/C12H20N4O/c13-16-12(11-6-7-14-9-15-11)5-1-3-10-4-2-8-17-10/h6-7,9-10,12,16H,1-5,8,13H2. The predicted octanol–water partition coefficient (Wildman–Crippen LogP) is 1.33. The van der Waals surface area contributed by atoms with Gasteiger partial charge in [0.15, 0.2) is 0 Å². The zero-order valence-corrected chi connectivity index (χ0v) is 10.0. The van der Waals surface area contributed by atoms with E-state index in [0.717, 1.165) is 31.6 Å². The van der Waals surface area contributed by atoms with Crippen LogP contribution in [0.5, 0.6) is 0 Å². The van der Waals surface area contributed by atoms with Crippen LogP contribution in [0.15, 0.2) is 18.6 Å². The second-order valence-electron chi connectivity index (χ2n) is 4.42. The molecule has 0 bridgehead atoms. The Hall–Kier alpha value is -1.04. The summed E-state index contributed by atoms with van der Waals surface area (Å²) in [4.78, 5) is 8.12. The lowest BCUT2D eigenvalue weighted by atomic mass is 10.0. The summed E-state index contributed by atoms with van der Waals surface area (Å²) >= 11 is 0. The van der Waals surface area contributed by atoms with Gasteiger partial charge in [0, 0.05) is 12.8 Å². The normalized spacial score (nSPS) is 21.6. The highest BCUT2D eigenvalue weighted by atomic mass is 16.5. The van der Waals surface area contributed by atoms with Crippen molar-refractivity contribution in [2.24, 2.45) is 5.84 Å². The van der Waals surface area contributed by atoms with Gasteiger partial charge in [-0.25, -0.2) is 9.97 Å². The zero-order valence-electron chi connectivity index (χ0n) is 10.0. The molecule has 2 unspecified atom stereocenters. The molecule has 5 nitrogen and oxygen atoms in total. The van der Waals surface area contributed by atoms with Gasteiger partial charge in [0.2, 0.25) is 0 Å². The highest BCUT2D eigenvalue weighted by Gasteiger charge is 2.16. The largest absolute Gasteiger partial charge is 0.378 e. The fourth-order valence-electron chi connectivity index (χ4n) is 2.25. The van der Waals surface area contributed by atoms with Crippen LogP contribution in [-0.2, 0) is 4.74 Å². The van der Waals surface area contributed by atoms with Gasteiger partial charge < -0.3 is 4.74 Å². The van der Waals surface area contributed by atoms with E-state index >= 15 is 0 Å². The molecule has 0 radical (unpaired) electrons. The first-order chi connectivity index (χ1) is 8.40. The van der Waals surface area contributed by atoms with Crippen molar-refractivity contribution in [2.75, 3.05) is 6.61 Å². The second kappa shape index (κ2) is 6.64. The molecule has 2 atom stereocenters. The van der Waals surface area contributed by atoms with Crippen molar-refractivity contribution in [3.05, 3.63) is 24.3 Å². The van der Waals surface area contributed by atoms with Crippen LogP contribution in [0.2, 0.25) is 0 Å². The fraction of sp³-hybridized carbons (Fsp3) is 0.667. The monoisotopic (exact) mass is 236 g/mol. The van der Waals surface area contributed by atoms with Gasteiger partial charge in [-0.05, 0) is 38.2 Å². The number of aromatic nitrogens is 2. The highest BCUT2D eigenvalue weighted by Crippen LogP contribution is 2.21. The Balaban J connectivity index is 1.75. The van der Waals surface area contributed by atoms with Gasteiger partial charge in [0.05, 0.1) is 17.8 Å². The van der Waals surface area contributed by atoms with Crippen LogP contribution < -0.4 is 11.3 Å². The molecular weight excluding hydrogens is 216 g/mol. The number of hydrogen-bond acceptors (Lipinski definition) is 5. The molecule has 2 heterocycles. The van der Waals surface area contributed by atoms with Crippen LogP contribution in [0, 0.1) is 0 Å². The third-order valence-corrected chi connectivity index (χ3v) is 3.21. The molecular formula is C12H20N4O. The highest BCUT2D eigenvalue weighted by molar-refractivity contribution is 5.03. The van der Waals surface area contributed by atoms with Gasteiger partial charge in [-0.15, -0.1) is 0 Å². The molecule has 1 aromatic rings. The first-order valence-electron chi connectivity index (χ1n) is 6.24. The summed E-state index contributed by atoms with van der Waals surface area (Å²) in [6.45, 7) is 0.926. The van der Waals surface area contributed by atoms with Crippen molar-refractivity contribution >= 4 is 0 Å². The van der Waals surface area contributed by atoms with Crippen LogP contribution in [-0.4, -0.2) is 22.7 Å². The van der Waals surface area contributed by atoms with Crippen molar-refractivity contribution in [2.45, 2.75) is 44.2 Å². The van der Waals surface area contributed by atoms with Gasteiger partial charge >= 0.3 is 0 Å². The summed E-state index contributed by atoms with van der Waals surface area (Å²) in [5.41, 5.74) is 3.77. The maximum atomic E-state index is 5.60. The number of nitrogens with zero attached hydrogens (tertiary/aromatic N) is 2. The molecule has 17 heavy (non-hydrogen) atoms. The molecule has 0 saturated carbocycles. The Labute approximate surface area is 102 Å². The lowest BCUT2D eigenvalue weighted by Crippen LogP contribution is -2.28. The summed E-state index contributed by atoms with van der Waals surface area (Å²) < 4.78 is 5.60. The van der Waals surface area contributed by atoms with E-state index in [2.05, 4.69) is 15.4 Å². The van der Waals surface area contributed by atoms with Crippen LogP contribution in [0.4, 0.5) is 0 Å². The topological polar surface area (TPSA) is 73.1 Å². The Morgan fingerprint density at radius 1 is 1.59 bits per heavy atom. The maximum Gasteiger partial charge on any atom is 0.115 e. The lowest BCUT2D eigenvalue weighted by molar-refractivity contribution is 0.101. The molecule has 0 aliphatic carbocycles. The maximum absolute atomic E-state index is 5.60. The summed E-state index contributed by atoms with van der Waals surface area (Å²) in [5.74, 6) is 5.56. The molecule has 1 aliphatic heterocycles. The summed E-state index contributed by atoms with van der Waals surface area (Å²) in [7, 11) is 0. The average Bonchev–Trinajstić information content (AvgIpc) is 2.89. The average molecular weight is 236 g/mol. The van der Waals surface area contributed by atoms with E-state index in [4.69, 9.17) is 10.6 Å². The van der Waals surface area contributed by atoms with Gasteiger partial charge in [0.25, 0.3) is 0 Å². The Morgan fingerprint density at radius 2 is 2.53 bits per heavy atom. The number of nitrogens with two attached hydrogens (primary N) is 1. The van der Waals surface area contributed by atoms with Gasteiger partial charge in [-0.3, -0.25) is 11.3 Å². The number of hydrazine groups is 1. The van der Waals surface area contributed by atoms with Gasteiger partial charge in [-0.2, -0.15) is 0 Å². The third-order valence-electron chi connectivity index (χ3n) is 3.21. The molecule has 94 valence electrons. The van der Waals surface area contributed by atoms with Gasteiger partial charge in [0.1, 0.15) is 6.33 Å². The summed E-state index contributed by atoms with van der Waals surface area (Å²) in [6.07, 6.45) is 9.36. The molecule has 2 rings (SSSR count). The zero-order chi connectivity index (χ0) is 11.9. The third kappa shape index (κ3) is 3.73. The minimum Gasteiger partial charge on any atom is -0.378 e. The van der Waals surface area contributed by atoms with E-state index in [1.165, 1.54) is 12.8 Å². The molecule has 1 aromatic heterocycles. The second-order valence-corrected chi connectivity index (χ2v) is 4.42. The minimum atomic E-state index is 0.111. The molecule has 3 N–H and O–H groups in total. The molecule has 5 heteroatoms. The van der Waals surface area contributed by atoms with Crippen molar-refractivity contribution in [3.8, 4) is 0 Å². The summed E-state index contributed by atoms with van der Waals surface area (Å²) in [5, 5.41) is 0. The number of rotatable bonds is 6. The van der Waals surface area contributed by atoms with Gasteiger partial charge in [-0.1, -0.05) is 0 Å². The molecule has 0 aromatic carbocycles. The van der Waals surface area contributed by atoms with Crippen molar-refractivity contribution in [1.82, 2.24) is 15.4 Å². The first kappa shape index (κ1) is 12.4. The minimum absolute atomic E-state index is 0.111.